The maximum atomic E-state index is 13.7. The van der Waals surface area contributed by atoms with Gasteiger partial charge in [-0.2, -0.15) is 0 Å². The Labute approximate surface area is 184 Å². The van der Waals surface area contributed by atoms with Crippen molar-refractivity contribution in [2.75, 3.05) is 4.90 Å². The van der Waals surface area contributed by atoms with E-state index in [1.54, 1.807) is 30.3 Å². The summed E-state index contributed by atoms with van der Waals surface area (Å²) >= 11 is 5.95. The molecule has 1 aliphatic heterocycles. The van der Waals surface area contributed by atoms with E-state index in [2.05, 4.69) is 0 Å². The number of amides is 1. The second kappa shape index (κ2) is 8.36. The molecular formula is C25H19ClFNO3. The van der Waals surface area contributed by atoms with E-state index in [0.717, 1.165) is 18.1 Å². The van der Waals surface area contributed by atoms with Crippen molar-refractivity contribution < 1.29 is 19.1 Å². The Morgan fingerprint density at radius 3 is 2.32 bits per heavy atom. The summed E-state index contributed by atoms with van der Waals surface area (Å²) in [5.74, 6) is -2.52. The maximum absolute atomic E-state index is 13.7. The molecule has 3 aromatic carbocycles. The number of anilines is 1. The minimum Gasteiger partial charge on any atom is -0.507 e. The van der Waals surface area contributed by atoms with Crippen LogP contribution in [0, 0.1) is 5.82 Å². The lowest BCUT2D eigenvalue weighted by Gasteiger charge is -2.26. The zero-order chi connectivity index (χ0) is 22.1. The lowest BCUT2D eigenvalue weighted by molar-refractivity contribution is -0.132. The van der Waals surface area contributed by atoms with E-state index in [9.17, 15) is 19.1 Å². The van der Waals surface area contributed by atoms with Gasteiger partial charge in [0.1, 0.15) is 11.6 Å². The fourth-order valence-corrected chi connectivity index (χ4v) is 3.91. The van der Waals surface area contributed by atoms with E-state index >= 15 is 0 Å². The first-order chi connectivity index (χ1) is 14.9. The molecule has 1 saturated heterocycles. The Morgan fingerprint density at radius 1 is 1.03 bits per heavy atom. The minimum atomic E-state index is -0.882. The van der Waals surface area contributed by atoms with Gasteiger partial charge in [-0.3, -0.25) is 14.5 Å². The van der Waals surface area contributed by atoms with Gasteiger partial charge in [-0.1, -0.05) is 73.1 Å². The van der Waals surface area contributed by atoms with Crippen molar-refractivity contribution in [2.45, 2.75) is 19.4 Å². The molecule has 1 heterocycles. The Bertz CT molecular complexity index is 1190. The Morgan fingerprint density at radius 2 is 1.71 bits per heavy atom. The first-order valence-corrected chi connectivity index (χ1v) is 10.2. The number of Topliss-reactive ketones (excluding diaryl/α,β-unsaturated/α-hetero) is 1. The number of hydrogen-bond acceptors (Lipinski definition) is 3. The zero-order valence-electron chi connectivity index (χ0n) is 16.7. The van der Waals surface area contributed by atoms with Gasteiger partial charge in [-0.15, -0.1) is 0 Å². The van der Waals surface area contributed by atoms with Crippen molar-refractivity contribution in [3.63, 3.8) is 0 Å². The van der Waals surface area contributed by atoms with Gasteiger partial charge < -0.3 is 5.11 Å². The fourth-order valence-electron chi connectivity index (χ4n) is 3.74. The highest BCUT2D eigenvalue weighted by Gasteiger charge is 2.47. The number of carbonyl (C=O) groups is 2. The Balaban J connectivity index is 1.94. The van der Waals surface area contributed by atoms with E-state index in [-0.39, 0.29) is 22.0 Å². The van der Waals surface area contributed by atoms with Gasteiger partial charge in [-0.05, 0) is 35.7 Å². The third-order valence-electron chi connectivity index (χ3n) is 5.38. The van der Waals surface area contributed by atoms with Crippen molar-refractivity contribution in [3.05, 3.63) is 106 Å². The van der Waals surface area contributed by atoms with Crippen LogP contribution < -0.4 is 4.90 Å². The highest BCUT2D eigenvalue weighted by atomic mass is 35.5. The van der Waals surface area contributed by atoms with Crippen molar-refractivity contribution in [1.82, 2.24) is 0 Å². The highest BCUT2D eigenvalue weighted by molar-refractivity contribution is 6.51. The van der Waals surface area contributed by atoms with Crippen LogP contribution in [0.5, 0.6) is 0 Å². The third-order valence-corrected chi connectivity index (χ3v) is 5.67. The molecule has 1 amide bonds. The number of aliphatic hydroxyl groups is 1. The van der Waals surface area contributed by atoms with Gasteiger partial charge in [0.15, 0.2) is 0 Å². The molecule has 1 unspecified atom stereocenters. The molecule has 4 rings (SSSR count). The van der Waals surface area contributed by atoms with Crippen LogP contribution in [0.3, 0.4) is 0 Å². The molecule has 3 aromatic rings. The van der Waals surface area contributed by atoms with Gasteiger partial charge in [0.2, 0.25) is 0 Å². The van der Waals surface area contributed by atoms with Crippen LogP contribution in [-0.2, 0) is 16.0 Å². The summed E-state index contributed by atoms with van der Waals surface area (Å²) in [5, 5.41) is 10.8. The first-order valence-electron chi connectivity index (χ1n) is 9.82. The van der Waals surface area contributed by atoms with Crippen LogP contribution in [0.15, 0.2) is 78.4 Å². The summed E-state index contributed by atoms with van der Waals surface area (Å²) in [6.45, 7) is 2.02. The van der Waals surface area contributed by atoms with Gasteiger partial charge >= 0.3 is 0 Å². The van der Waals surface area contributed by atoms with Crippen LogP contribution in [-0.4, -0.2) is 16.8 Å². The highest BCUT2D eigenvalue weighted by Crippen LogP contribution is 2.42. The second-order valence-electron chi connectivity index (χ2n) is 7.23. The smallest absolute Gasteiger partial charge is 0.300 e. The number of rotatable bonds is 4. The molecular weight excluding hydrogens is 417 g/mol. The largest absolute Gasteiger partial charge is 0.507 e. The summed E-state index contributed by atoms with van der Waals surface area (Å²) in [5.41, 5.74) is 2.40. The molecule has 0 aliphatic carbocycles. The lowest BCUT2D eigenvalue weighted by Crippen LogP contribution is -2.29. The summed E-state index contributed by atoms with van der Waals surface area (Å²) in [7, 11) is 0. The van der Waals surface area contributed by atoms with Crippen molar-refractivity contribution in [2.24, 2.45) is 0 Å². The van der Waals surface area contributed by atoms with Crippen molar-refractivity contribution in [3.8, 4) is 0 Å². The van der Waals surface area contributed by atoms with Crippen molar-refractivity contribution in [1.29, 1.82) is 0 Å². The fraction of sp³-hybridized carbons (Fsp3) is 0.120. The maximum Gasteiger partial charge on any atom is 0.300 e. The number of ketones is 1. The zero-order valence-corrected chi connectivity index (χ0v) is 17.4. The average Bonchev–Trinajstić information content (AvgIpc) is 3.06. The number of aryl methyl sites for hydroxylation is 1. The predicted molar refractivity (Wildman–Crippen MR) is 118 cm³/mol. The molecule has 31 heavy (non-hydrogen) atoms. The summed E-state index contributed by atoms with van der Waals surface area (Å²) in [6, 6.07) is 19.0. The van der Waals surface area contributed by atoms with Crippen molar-refractivity contribution >= 4 is 34.7 Å². The molecule has 1 N–H and O–H groups in total. The number of benzene rings is 3. The van der Waals surface area contributed by atoms with Gasteiger partial charge in [0.25, 0.3) is 11.7 Å². The van der Waals surface area contributed by atoms with Gasteiger partial charge in [-0.25, -0.2) is 4.39 Å². The molecule has 0 aromatic heterocycles. The van der Waals surface area contributed by atoms with E-state index in [1.165, 1.54) is 17.0 Å². The van der Waals surface area contributed by atoms with Crippen LogP contribution >= 0.6 is 11.6 Å². The molecule has 1 aliphatic rings. The lowest BCUT2D eigenvalue weighted by atomic mass is 9.94. The normalized spacial score (nSPS) is 17.9. The molecule has 0 radical (unpaired) electrons. The van der Waals surface area contributed by atoms with Gasteiger partial charge in [0, 0.05) is 11.3 Å². The number of nitrogens with zero attached hydrogens (tertiary/aromatic N) is 1. The molecule has 0 bridgehead atoms. The van der Waals surface area contributed by atoms with E-state index in [1.807, 2.05) is 31.2 Å². The van der Waals surface area contributed by atoms with E-state index < -0.39 is 23.5 Å². The second-order valence-corrected chi connectivity index (χ2v) is 7.64. The van der Waals surface area contributed by atoms with E-state index in [0.29, 0.717) is 11.1 Å². The summed E-state index contributed by atoms with van der Waals surface area (Å²) < 4.78 is 13.7. The number of carbonyl (C=O) groups excluding carboxylic acids is 2. The number of hydrogen-bond donors (Lipinski definition) is 1. The Hall–Kier alpha value is -3.44. The van der Waals surface area contributed by atoms with Crippen LogP contribution in [0.4, 0.5) is 10.1 Å². The number of halogens is 2. The Kier molecular flexibility index (Phi) is 5.61. The van der Waals surface area contributed by atoms with Crippen LogP contribution in [0.2, 0.25) is 5.02 Å². The SMILES string of the molecule is CCc1ccc(C2/C(=C(\O)c3ccccc3)C(=O)C(=O)N2c2ccc(F)c(Cl)c2)cc1. The third kappa shape index (κ3) is 3.73. The number of aliphatic hydroxyl groups excluding tert-OH is 1. The van der Waals surface area contributed by atoms with Crippen LogP contribution in [0.1, 0.15) is 29.7 Å². The molecule has 0 saturated carbocycles. The molecule has 0 spiro atoms. The monoisotopic (exact) mass is 435 g/mol. The summed E-state index contributed by atoms with van der Waals surface area (Å²) in [6.07, 6.45) is 0.831. The first kappa shape index (κ1) is 20.8. The topological polar surface area (TPSA) is 57.6 Å². The average molecular weight is 436 g/mol. The molecule has 1 fully saturated rings. The molecule has 4 nitrogen and oxygen atoms in total. The quantitative estimate of drug-likeness (QED) is 0.326. The van der Waals surface area contributed by atoms with Gasteiger partial charge in [0.05, 0.1) is 16.6 Å². The standard InChI is InChI=1S/C25H19ClFNO3/c1-2-15-8-10-16(11-9-15)22-21(23(29)17-6-4-3-5-7-17)24(30)25(31)28(22)18-12-13-20(27)19(26)14-18/h3-14,22,29H,2H2,1H3/b23-21+. The molecule has 156 valence electrons. The van der Waals surface area contributed by atoms with Crippen LogP contribution in [0.25, 0.3) is 5.76 Å². The molecule has 6 heteroatoms. The summed E-state index contributed by atoms with van der Waals surface area (Å²) in [4.78, 5) is 27.3. The minimum absolute atomic E-state index is 0.0269. The molecule has 1 atom stereocenters. The van der Waals surface area contributed by atoms with E-state index in [4.69, 9.17) is 11.6 Å². The predicted octanol–water partition coefficient (Wildman–Crippen LogP) is 5.67.